The molecule has 0 aromatic heterocycles. The van der Waals surface area contributed by atoms with Crippen LogP contribution in [0.4, 0.5) is 4.39 Å². The molecule has 0 bridgehead atoms. The molecule has 0 radical (unpaired) electrons. The molecule has 0 fully saturated rings. The van der Waals surface area contributed by atoms with Gasteiger partial charge in [0.1, 0.15) is 5.82 Å². The summed E-state index contributed by atoms with van der Waals surface area (Å²) in [7, 11) is 6.00. The van der Waals surface area contributed by atoms with E-state index < -0.39 is 0 Å². The number of halogens is 1. The van der Waals surface area contributed by atoms with Gasteiger partial charge in [-0.3, -0.25) is 0 Å². The molecular formula is C18H22FN. The second-order valence-corrected chi connectivity index (χ2v) is 5.68. The number of hydrogen-bond donors (Lipinski definition) is 0. The van der Waals surface area contributed by atoms with E-state index in [-0.39, 0.29) is 5.82 Å². The van der Waals surface area contributed by atoms with Crippen molar-refractivity contribution in [2.75, 3.05) is 21.1 Å². The molecule has 2 aromatic carbocycles. The summed E-state index contributed by atoms with van der Waals surface area (Å²) >= 11 is 0. The lowest BCUT2D eigenvalue weighted by Crippen LogP contribution is -1.99. The average Bonchev–Trinajstić information content (AvgIpc) is 2.83. The van der Waals surface area contributed by atoms with Crippen molar-refractivity contribution in [2.45, 2.75) is 18.8 Å². The molecule has 0 N–H and O–H groups in total. The van der Waals surface area contributed by atoms with Crippen LogP contribution in [-0.2, 0) is 6.42 Å². The molecule has 0 spiro atoms. The van der Waals surface area contributed by atoms with Crippen molar-refractivity contribution in [2.24, 2.45) is 0 Å². The van der Waals surface area contributed by atoms with Crippen LogP contribution in [0.2, 0.25) is 0 Å². The van der Waals surface area contributed by atoms with E-state index in [9.17, 15) is 4.39 Å². The highest BCUT2D eigenvalue weighted by atomic mass is 19.1. The van der Waals surface area contributed by atoms with Gasteiger partial charge in [-0.15, -0.1) is 0 Å². The van der Waals surface area contributed by atoms with E-state index in [0.717, 1.165) is 12.8 Å². The Bertz CT molecular complexity index is 543. The normalized spacial score (nSPS) is 16.6. The SMILES string of the molecule is CN(C)C.Fc1ccc(C2CCc3ccccc32)cc1. The molecule has 20 heavy (non-hydrogen) atoms. The molecule has 2 aromatic rings. The highest BCUT2D eigenvalue weighted by molar-refractivity contribution is 5.41. The zero-order chi connectivity index (χ0) is 14.5. The Hall–Kier alpha value is -1.67. The number of aryl methyl sites for hydroxylation is 1. The lowest BCUT2D eigenvalue weighted by molar-refractivity contribution is 0.505. The van der Waals surface area contributed by atoms with Crippen molar-refractivity contribution in [3.8, 4) is 0 Å². The van der Waals surface area contributed by atoms with Crippen molar-refractivity contribution in [3.05, 3.63) is 71.0 Å². The third-order valence-corrected chi connectivity index (χ3v) is 3.41. The predicted octanol–water partition coefficient (Wildman–Crippen LogP) is 4.08. The van der Waals surface area contributed by atoms with Crippen molar-refractivity contribution in [3.63, 3.8) is 0 Å². The van der Waals surface area contributed by atoms with Crippen LogP contribution in [0, 0.1) is 5.82 Å². The number of benzene rings is 2. The fraction of sp³-hybridized carbons (Fsp3) is 0.333. The summed E-state index contributed by atoms with van der Waals surface area (Å²) in [6.07, 6.45) is 2.28. The summed E-state index contributed by atoms with van der Waals surface area (Å²) in [5.41, 5.74) is 4.08. The zero-order valence-electron chi connectivity index (χ0n) is 12.4. The minimum atomic E-state index is -0.157. The van der Waals surface area contributed by atoms with Crippen molar-refractivity contribution >= 4 is 0 Å². The van der Waals surface area contributed by atoms with Crippen molar-refractivity contribution < 1.29 is 4.39 Å². The first kappa shape index (κ1) is 14.7. The Labute approximate surface area is 121 Å². The highest BCUT2D eigenvalue weighted by Gasteiger charge is 2.22. The predicted molar refractivity (Wildman–Crippen MR) is 82.6 cm³/mol. The number of hydrogen-bond acceptors (Lipinski definition) is 1. The molecule has 2 heteroatoms. The summed E-state index contributed by atoms with van der Waals surface area (Å²) < 4.78 is 12.9. The first-order valence-corrected chi connectivity index (χ1v) is 7.02. The first-order chi connectivity index (χ1) is 9.58. The summed E-state index contributed by atoms with van der Waals surface area (Å²) in [5.74, 6) is 0.298. The Morgan fingerprint density at radius 3 is 2.20 bits per heavy atom. The van der Waals surface area contributed by atoms with Crippen LogP contribution in [0.1, 0.15) is 29.0 Å². The van der Waals surface area contributed by atoms with Crippen LogP contribution in [0.5, 0.6) is 0 Å². The molecule has 0 heterocycles. The van der Waals surface area contributed by atoms with Gasteiger partial charge in [-0.25, -0.2) is 4.39 Å². The second kappa shape index (κ2) is 6.67. The summed E-state index contributed by atoms with van der Waals surface area (Å²) in [4.78, 5) is 2.00. The highest BCUT2D eigenvalue weighted by Crippen LogP contribution is 2.37. The molecule has 0 aliphatic heterocycles. The van der Waals surface area contributed by atoms with Gasteiger partial charge in [0, 0.05) is 5.92 Å². The van der Waals surface area contributed by atoms with Crippen molar-refractivity contribution in [1.29, 1.82) is 0 Å². The van der Waals surface area contributed by atoms with Crippen LogP contribution in [-0.4, -0.2) is 26.0 Å². The van der Waals surface area contributed by atoms with Crippen LogP contribution in [0.25, 0.3) is 0 Å². The van der Waals surface area contributed by atoms with E-state index >= 15 is 0 Å². The van der Waals surface area contributed by atoms with Crippen LogP contribution in [0.3, 0.4) is 0 Å². The van der Waals surface area contributed by atoms with Crippen LogP contribution >= 0.6 is 0 Å². The quantitative estimate of drug-likeness (QED) is 0.755. The molecule has 1 nitrogen and oxygen atoms in total. The topological polar surface area (TPSA) is 3.24 Å². The van der Waals surface area contributed by atoms with Gasteiger partial charge in [-0.1, -0.05) is 36.4 Å². The van der Waals surface area contributed by atoms with Gasteiger partial charge >= 0.3 is 0 Å². The fourth-order valence-corrected chi connectivity index (χ4v) is 2.60. The van der Waals surface area contributed by atoms with Gasteiger partial charge in [0.2, 0.25) is 0 Å². The minimum Gasteiger partial charge on any atom is -0.312 e. The second-order valence-electron chi connectivity index (χ2n) is 5.68. The molecular weight excluding hydrogens is 249 g/mol. The molecule has 0 saturated heterocycles. The molecule has 106 valence electrons. The van der Waals surface area contributed by atoms with E-state index in [1.807, 2.05) is 38.2 Å². The van der Waals surface area contributed by atoms with E-state index in [2.05, 4.69) is 24.3 Å². The van der Waals surface area contributed by atoms with Crippen LogP contribution in [0.15, 0.2) is 48.5 Å². The van der Waals surface area contributed by atoms with Gasteiger partial charge in [0.25, 0.3) is 0 Å². The standard InChI is InChI=1S/C15H13F.C3H9N/c16-13-8-5-12(6-9-13)15-10-7-11-3-1-2-4-14(11)15;1-4(2)3/h1-6,8-9,15H,7,10H2;1-3H3. The molecule has 0 amide bonds. The lowest BCUT2D eigenvalue weighted by atomic mass is 9.93. The lowest BCUT2D eigenvalue weighted by Gasteiger charge is -2.11. The molecule has 1 unspecified atom stereocenters. The Morgan fingerprint density at radius 2 is 1.55 bits per heavy atom. The maximum atomic E-state index is 12.9. The van der Waals surface area contributed by atoms with E-state index in [1.54, 1.807) is 12.1 Å². The molecule has 0 saturated carbocycles. The molecule has 1 atom stereocenters. The maximum Gasteiger partial charge on any atom is 0.123 e. The Balaban J connectivity index is 0.000000328. The fourth-order valence-electron chi connectivity index (χ4n) is 2.60. The largest absolute Gasteiger partial charge is 0.312 e. The zero-order valence-corrected chi connectivity index (χ0v) is 12.4. The third kappa shape index (κ3) is 3.67. The van der Waals surface area contributed by atoms with E-state index in [4.69, 9.17) is 0 Å². The maximum absolute atomic E-state index is 12.9. The summed E-state index contributed by atoms with van der Waals surface area (Å²) in [5, 5.41) is 0. The van der Waals surface area contributed by atoms with Gasteiger partial charge in [0.15, 0.2) is 0 Å². The number of rotatable bonds is 1. The van der Waals surface area contributed by atoms with Crippen LogP contribution < -0.4 is 0 Å². The van der Waals surface area contributed by atoms with E-state index in [0.29, 0.717) is 5.92 Å². The smallest absolute Gasteiger partial charge is 0.123 e. The van der Waals surface area contributed by atoms with Gasteiger partial charge in [-0.2, -0.15) is 0 Å². The minimum absolute atomic E-state index is 0.157. The Kier molecular flexibility index (Phi) is 4.91. The molecule has 3 rings (SSSR count). The van der Waals surface area contributed by atoms with Crippen molar-refractivity contribution in [1.82, 2.24) is 4.90 Å². The van der Waals surface area contributed by atoms with E-state index in [1.165, 1.54) is 16.7 Å². The monoisotopic (exact) mass is 271 g/mol. The molecule has 1 aliphatic carbocycles. The molecule has 1 aliphatic rings. The third-order valence-electron chi connectivity index (χ3n) is 3.41. The van der Waals surface area contributed by atoms with Gasteiger partial charge < -0.3 is 4.90 Å². The summed E-state index contributed by atoms with van der Waals surface area (Å²) in [6.45, 7) is 0. The van der Waals surface area contributed by atoms with Gasteiger partial charge in [-0.05, 0) is 62.8 Å². The van der Waals surface area contributed by atoms with Gasteiger partial charge in [0.05, 0.1) is 0 Å². The number of nitrogens with zero attached hydrogens (tertiary/aromatic N) is 1. The first-order valence-electron chi connectivity index (χ1n) is 7.02. The number of fused-ring (bicyclic) bond motifs is 1. The summed E-state index contributed by atoms with van der Waals surface area (Å²) in [6, 6.07) is 15.5. The average molecular weight is 271 g/mol. The Morgan fingerprint density at radius 1 is 0.950 bits per heavy atom.